The molecule has 1 saturated heterocycles. The molecule has 1 aliphatic heterocycles. The third-order valence-corrected chi connectivity index (χ3v) is 9.90. The number of rotatable bonds is 9. The number of sulfone groups is 1. The summed E-state index contributed by atoms with van der Waals surface area (Å²) in [4.78, 5) is 15.6. The molecule has 204 valence electrons. The van der Waals surface area contributed by atoms with Gasteiger partial charge in [-0.3, -0.25) is 4.79 Å². The van der Waals surface area contributed by atoms with Gasteiger partial charge in [0.1, 0.15) is 12.2 Å². The van der Waals surface area contributed by atoms with Gasteiger partial charge in [0.05, 0.1) is 29.3 Å². The standard InChI is InChI=1S/C27H35Cl2NO6S/c1-5-21(16-37(34,35)27(2,3)4)30-24(17-9-11-19(28)12-10-17)25(18-7-6-8-20(29)13-18)36-23(26(30)33)14-22(32)15-31/h6-13,21-25,31-32H,5,14-16H2,1-4H3/t21-,22+,23+,24+,25+/m0/s1. The fourth-order valence-electron chi connectivity index (χ4n) is 4.48. The van der Waals surface area contributed by atoms with Gasteiger partial charge in [-0.05, 0) is 62.6 Å². The van der Waals surface area contributed by atoms with Crippen LogP contribution in [-0.4, -0.2) is 64.8 Å². The molecule has 0 bridgehead atoms. The van der Waals surface area contributed by atoms with Gasteiger partial charge in [0.25, 0.3) is 5.91 Å². The van der Waals surface area contributed by atoms with Gasteiger partial charge in [-0.1, -0.05) is 54.4 Å². The van der Waals surface area contributed by atoms with Crippen molar-refractivity contribution in [1.82, 2.24) is 4.90 Å². The molecule has 0 unspecified atom stereocenters. The molecule has 5 atom stereocenters. The van der Waals surface area contributed by atoms with Gasteiger partial charge in [-0.15, -0.1) is 0 Å². The molecule has 0 aliphatic carbocycles. The van der Waals surface area contributed by atoms with Crippen LogP contribution in [0.2, 0.25) is 10.0 Å². The molecule has 0 radical (unpaired) electrons. The first-order valence-electron chi connectivity index (χ1n) is 12.3. The number of morpholine rings is 1. The molecule has 0 aromatic heterocycles. The number of aliphatic hydroxyl groups is 2. The third-order valence-electron chi connectivity index (χ3n) is 6.72. The Bertz CT molecular complexity index is 1180. The van der Waals surface area contributed by atoms with Crippen molar-refractivity contribution >= 4 is 38.9 Å². The predicted molar refractivity (Wildman–Crippen MR) is 145 cm³/mol. The van der Waals surface area contributed by atoms with Crippen LogP contribution in [0, 0.1) is 0 Å². The molecule has 0 saturated carbocycles. The van der Waals surface area contributed by atoms with Gasteiger partial charge < -0.3 is 19.8 Å². The lowest BCUT2D eigenvalue weighted by Crippen LogP contribution is -2.57. The highest BCUT2D eigenvalue weighted by molar-refractivity contribution is 7.92. The Morgan fingerprint density at radius 3 is 2.24 bits per heavy atom. The van der Waals surface area contributed by atoms with Gasteiger partial charge in [0.15, 0.2) is 9.84 Å². The summed E-state index contributed by atoms with van der Waals surface area (Å²) in [7, 11) is -3.59. The van der Waals surface area contributed by atoms with Crippen LogP contribution in [0.4, 0.5) is 0 Å². The molecule has 1 heterocycles. The van der Waals surface area contributed by atoms with Crippen LogP contribution in [-0.2, 0) is 19.4 Å². The molecule has 1 aliphatic rings. The Morgan fingerprint density at radius 1 is 1.05 bits per heavy atom. The molecule has 37 heavy (non-hydrogen) atoms. The maximum atomic E-state index is 14.0. The second kappa shape index (κ2) is 12.0. The Morgan fingerprint density at radius 2 is 1.70 bits per heavy atom. The van der Waals surface area contributed by atoms with Crippen LogP contribution in [0.25, 0.3) is 0 Å². The first-order valence-corrected chi connectivity index (χ1v) is 14.7. The van der Waals surface area contributed by atoms with Crippen LogP contribution < -0.4 is 0 Å². The van der Waals surface area contributed by atoms with Crippen LogP contribution in [0.3, 0.4) is 0 Å². The maximum Gasteiger partial charge on any atom is 0.252 e. The average molecular weight is 573 g/mol. The van der Waals surface area contributed by atoms with Crippen molar-refractivity contribution < 1.29 is 28.2 Å². The zero-order valence-corrected chi connectivity index (χ0v) is 23.8. The largest absolute Gasteiger partial charge is 0.394 e. The van der Waals surface area contributed by atoms with E-state index in [-0.39, 0.29) is 12.2 Å². The molecule has 10 heteroatoms. The fraction of sp³-hybridized carbons (Fsp3) is 0.519. The van der Waals surface area contributed by atoms with Gasteiger partial charge in [-0.2, -0.15) is 0 Å². The molecule has 2 N–H and O–H groups in total. The Balaban J connectivity index is 2.20. The van der Waals surface area contributed by atoms with Crippen molar-refractivity contribution in [2.24, 2.45) is 0 Å². The first kappa shape index (κ1) is 29.9. The number of benzene rings is 2. The molecule has 3 rings (SSSR count). The molecule has 2 aromatic carbocycles. The van der Waals surface area contributed by atoms with E-state index in [1.807, 2.05) is 13.0 Å². The number of hydrogen-bond donors (Lipinski definition) is 2. The molecular weight excluding hydrogens is 537 g/mol. The highest BCUT2D eigenvalue weighted by atomic mass is 35.5. The topological polar surface area (TPSA) is 104 Å². The van der Waals surface area contributed by atoms with E-state index < -0.39 is 57.5 Å². The van der Waals surface area contributed by atoms with E-state index in [0.717, 1.165) is 5.56 Å². The summed E-state index contributed by atoms with van der Waals surface area (Å²) in [6.07, 6.45) is -2.76. The van der Waals surface area contributed by atoms with Crippen molar-refractivity contribution in [3.05, 3.63) is 69.7 Å². The second-order valence-corrected chi connectivity index (χ2v) is 14.0. The van der Waals surface area contributed by atoms with Gasteiger partial charge in [-0.25, -0.2) is 8.42 Å². The molecule has 7 nitrogen and oxygen atoms in total. The Hall–Kier alpha value is -1.68. The number of amides is 1. The quantitative estimate of drug-likeness (QED) is 0.450. The maximum absolute atomic E-state index is 14.0. The van der Waals surface area contributed by atoms with Crippen LogP contribution in [0.1, 0.15) is 63.8 Å². The number of aliphatic hydroxyl groups excluding tert-OH is 2. The number of ether oxygens (including phenoxy) is 1. The number of halogens is 2. The summed E-state index contributed by atoms with van der Waals surface area (Å²) in [6, 6.07) is 12.7. The lowest BCUT2D eigenvalue weighted by atomic mass is 9.89. The summed E-state index contributed by atoms with van der Waals surface area (Å²) in [5.41, 5.74) is 1.41. The molecule has 2 aromatic rings. The molecule has 1 amide bonds. The molecular formula is C27H35Cl2NO6S. The van der Waals surface area contributed by atoms with Crippen molar-refractivity contribution in [3.8, 4) is 0 Å². The van der Waals surface area contributed by atoms with Crippen LogP contribution in [0.5, 0.6) is 0 Å². The highest BCUT2D eigenvalue weighted by Gasteiger charge is 2.48. The summed E-state index contributed by atoms with van der Waals surface area (Å²) >= 11 is 12.5. The van der Waals surface area contributed by atoms with E-state index in [2.05, 4.69) is 0 Å². The normalized spacial score (nSPS) is 22.6. The predicted octanol–water partition coefficient (Wildman–Crippen LogP) is 4.74. The van der Waals surface area contributed by atoms with E-state index in [9.17, 15) is 23.4 Å². The van der Waals surface area contributed by atoms with E-state index in [1.54, 1.807) is 68.1 Å². The minimum absolute atomic E-state index is 0.140. The third kappa shape index (κ3) is 6.85. The van der Waals surface area contributed by atoms with E-state index in [4.69, 9.17) is 27.9 Å². The van der Waals surface area contributed by atoms with E-state index in [0.29, 0.717) is 22.0 Å². The number of nitrogens with zero attached hydrogens (tertiary/aromatic N) is 1. The fourth-order valence-corrected chi connectivity index (χ4v) is 6.21. The zero-order chi connectivity index (χ0) is 27.5. The minimum atomic E-state index is -3.59. The van der Waals surface area contributed by atoms with Crippen molar-refractivity contribution in [2.45, 2.75) is 75.7 Å². The summed E-state index contributed by atoms with van der Waals surface area (Å²) in [5, 5.41) is 20.6. The second-order valence-electron chi connectivity index (χ2n) is 10.4. The van der Waals surface area contributed by atoms with Crippen molar-refractivity contribution in [1.29, 1.82) is 0 Å². The van der Waals surface area contributed by atoms with Gasteiger partial charge >= 0.3 is 0 Å². The SMILES string of the molecule is CC[C@@H](CS(=O)(=O)C(C)(C)C)N1C(=O)[C@@H](C[C@@H](O)CO)O[C@H](c2cccc(Cl)c2)[C@H]1c1ccc(Cl)cc1. The lowest BCUT2D eigenvalue weighted by molar-refractivity contribution is -0.182. The highest BCUT2D eigenvalue weighted by Crippen LogP contribution is 2.45. The Kier molecular flexibility index (Phi) is 9.70. The summed E-state index contributed by atoms with van der Waals surface area (Å²) in [5.74, 6) is -0.679. The number of carbonyl (C=O) groups excluding carboxylic acids is 1. The number of carbonyl (C=O) groups is 1. The van der Waals surface area contributed by atoms with E-state index in [1.165, 1.54) is 0 Å². The zero-order valence-electron chi connectivity index (χ0n) is 21.5. The smallest absolute Gasteiger partial charge is 0.252 e. The van der Waals surface area contributed by atoms with Gasteiger partial charge in [0.2, 0.25) is 0 Å². The van der Waals surface area contributed by atoms with Crippen molar-refractivity contribution in [3.63, 3.8) is 0 Å². The van der Waals surface area contributed by atoms with Crippen LogP contribution >= 0.6 is 23.2 Å². The van der Waals surface area contributed by atoms with Crippen LogP contribution in [0.15, 0.2) is 48.5 Å². The molecule has 0 spiro atoms. The van der Waals surface area contributed by atoms with Gasteiger partial charge in [0, 0.05) is 22.5 Å². The minimum Gasteiger partial charge on any atom is -0.394 e. The monoisotopic (exact) mass is 571 g/mol. The summed E-state index contributed by atoms with van der Waals surface area (Å²) < 4.78 is 31.9. The Labute approximate surface area is 229 Å². The first-order chi connectivity index (χ1) is 17.3. The summed E-state index contributed by atoms with van der Waals surface area (Å²) in [6.45, 7) is 6.23. The van der Waals surface area contributed by atoms with E-state index >= 15 is 0 Å². The lowest BCUT2D eigenvalue weighted by Gasteiger charge is -2.48. The number of hydrogen-bond acceptors (Lipinski definition) is 6. The average Bonchev–Trinajstić information content (AvgIpc) is 2.83. The molecule has 1 fully saturated rings. The van der Waals surface area contributed by atoms with Crippen molar-refractivity contribution in [2.75, 3.05) is 12.4 Å².